The Labute approximate surface area is 178 Å². The van der Waals surface area contributed by atoms with Gasteiger partial charge in [-0.25, -0.2) is 4.39 Å². The summed E-state index contributed by atoms with van der Waals surface area (Å²) in [6.07, 6.45) is -0.248. The van der Waals surface area contributed by atoms with Gasteiger partial charge in [-0.2, -0.15) is 0 Å². The number of benzene rings is 3. The van der Waals surface area contributed by atoms with Crippen molar-refractivity contribution < 1.29 is 23.4 Å². The Morgan fingerprint density at radius 1 is 1.10 bits per heavy atom. The van der Waals surface area contributed by atoms with Crippen LogP contribution in [0.15, 0.2) is 65.1 Å². The molecular weight excluding hydrogens is 397 g/mol. The highest BCUT2D eigenvalue weighted by atomic mass is 19.1. The van der Waals surface area contributed by atoms with E-state index in [9.17, 15) is 9.18 Å². The SMILES string of the molecule is Cc1oc2ccc(-c3cccc(CN)c3)cc2c1COc1cc(F)ccc1CC(=O)O. The number of carboxylic acids is 1. The first-order chi connectivity index (χ1) is 14.9. The van der Waals surface area contributed by atoms with Gasteiger partial charge in [-0.05, 0) is 47.9 Å². The molecule has 158 valence electrons. The first-order valence-electron chi connectivity index (χ1n) is 9.89. The monoisotopic (exact) mass is 419 g/mol. The molecule has 4 aromatic rings. The molecule has 0 atom stereocenters. The summed E-state index contributed by atoms with van der Waals surface area (Å²) >= 11 is 0. The Morgan fingerprint density at radius 3 is 2.68 bits per heavy atom. The second kappa shape index (κ2) is 8.62. The molecule has 0 spiro atoms. The third kappa shape index (κ3) is 4.44. The van der Waals surface area contributed by atoms with Gasteiger partial charge in [0.15, 0.2) is 0 Å². The van der Waals surface area contributed by atoms with Crippen LogP contribution in [0, 0.1) is 12.7 Å². The number of ether oxygens (including phenoxy) is 1. The summed E-state index contributed by atoms with van der Waals surface area (Å²) < 4.78 is 25.5. The molecule has 0 bridgehead atoms. The lowest BCUT2D eigenvalue weighted by Crippen LogP contribution is -2.05. The lowest BCUT2D eigenvalue weighted by atomic mass is 10.0. The molecule has 31 heavy (non-hydrogen) atoms. The zero-order chi connectivity index (χ0) is 22.0. The molecular formula is C25H22FNO4. The van der Waals surface area contributed by atoms with Crippen LogP contribution in [0.2, 0.25) is 0 Å². The summed E-state index contributed by atoms with van der Waals surface area (Å²) in [4.78, 5) is 11.1. The maximum Gasteiger partial charge on any atom is 0.307 e. The molecule has 0 aliphatic rings. The van der Waals surface area contributed by atoms with Crippen LogP contribution in [-0.4, -0.2) is 11.1 Å². The van der Waals surface area contributed by atoms with Gasteiger partial charge in [0.2, 0.25) is 0 Å². The molecule has 1 aromatic heterocycles. The van der Waals surface area contributed by atoms with E-state index in [4.69, 9.17) is 20.0 Å². The van der Waals surface area contributed by atoms with Gasteiger partial charge in [-0.1, -0.05) is 30.3 Å². The van der Waals surface area contributed by atoms with Crippen molar-refractivity contribution in [1.29, 1.82) is 0 Å². The second-order valence-corrected chi connectivity index (χ2v) is 7.36. The van der Waals surface area contributed by atoms with Crippen LogP contribution in [0.25, 0.3) is 22.1 Å². The largest absolute Gasteiger partial charge is 0.488 e. The molecule has 0 saturated carbocycles. The third-order valence-corrected chi connectivity index (χ3v) is 5.23. The van der Waals surface area contributed by atoms with E-state index in [1.165, 1.54) is 18.2 Å². The Bertz CT molecular complexity index is 1260. The fraction of sp³-hybridized carbons (Fsp3) is 0.160. The first kappa shape index (κ1) is 20.6. The van der Waals surface area contributed by atoms with Gasteiger partial charge >= 0.3 is 5.97 Å². The average Bonchev–Trinajstić information content (AvgIpc) is 3.07. The summed E-state index contributed by atoms with van der Waals surface area (Å²) in [5, 5.41) is 10.00. The fourth-order valence-corrected chi connectivity index (χ4v) is 3.63. The summed E-state index contributed by atoms with van der Waals surface area (Å²) in [5.74, 6) is -0.590. The second-order valence-electron chi connectivity index (χ2n) is 7.36. The zero-order valence-corrected chi connectivity index (χ0v) is 17.0. The van der Waals surface area contributed by atoms with Gasteiger partial charge in [-0.15, -0.1) is 0 Å². The third-order valence-electron chi connectivity index (χ3n) is 5.23. The lowest BCUT2D eigenvalue weighted by Gasteiger charge is -2.11. The van der Waals surface area contributed by atoms with E-state index in [1.807, 2.05) is 43.3 Å². The Kier molecular flexibility index (Phi) is 5.73. The van der Waals surface area contributed by atoms with Crippen molar-refractivity contribution in [3.05, 3.63) is 88.9 Å². The molecule has 0 aliphatic carbocycles. The van der Waals surface area contributed by atoms with Crippen LogP contribution in [0.1, 0.15) is 22.5 Å². The van der Waals surface area contributed by atoms with E-state index in [0.717, 1.165) is 33.2 Å². The maximum atomic E-state index is 13.7. The van der Waals surface area contributed by atoms with Crippen LogP contribution in [0.3, 0.4) is 0 Å². The van der Waals surface area contributed by atoms with Crippen LogP contribution in [0.4, 0.5) is 4.39 Å². The van der Waals surface area contributed by atoms with E-state index in [0.29, 0.717) is 17.9 Å². The van der Waals surface area contributed by atoms with Crippen molar-refractivity contribution in [3.8, 4) is 16.9 Å². The molecule has 4 rings (SSSR count). The number of rotatable bonds is 7. The quantitative estimate of drug-likeness (QED) is 0.429. The van der Waals surface area contributed by atoms with E-state index in [2.05, 4.69) is 6.07 Å². The molecule has 0 amide bonds. The zero-order valence-electron chi connectivity index (χ0n) is 17.0. The highest BCUT2D eigenvalue weighted by Crippen LogP contribution is 2.32. The number of aryl methyl sites for hydroxylation is 1. The highest BCUT2D eigenvalue weighted by Gasteiger charge is 2.15. The Morgan fingerprint density at radius 2 is 1.90 bits per heavy atom. The smallest absolute Gasteiger partial charge is 0.307 e. The van der Waals surface area contributed by atoms with Crippen molar-refractivity contribution in [1.82, 2.24) is 0 Å². The number of furan rings is 1. The summed E-state index contributed by atoms with van der Waals surface area (Å²) in [5.41, 5.74) is 10.8. The molecule has 0 unspecified atom stereocenters. The molecule has 5 nitrogen and oxygen atoms in total. The predicted molar refractivity (Wildman–Crippen MR) is 116 cm³/mol. The number of hydrogen-bond donors (Lipinski definition) is 2. The molecule has 0 fully saturated rings. The van der Waals surface area contributed by atoms with E-state index in [1.54, 1.807) is 0 Å². The standard InChI is InChI=1S/C25H22FNO4/c1-15-22(14-30-24-12-20(26)7-5-19(24)11-25(28)29)21-10-18(6-8-23(21)31-15)17-4-2-3-16(9-17)13-27/h2-10,12H,11,13-14,27H2,1H3,(H,28,29). The minimum Gasteiger partial charge on any atom is -0.488 e. The number of aliphatic carboxylic acids is 1. The maximum absolute atomic E-state index is 13.7. The molecule has 3 aromatic carbocycles. The van der Waals surface area contributed by atoms with Crippen LogP contribution in [-0.2, 0) is 24.4 Å². The fourth-order valence-electron chi connectivity index (χ4n) is 3.63. The lowest BCUT2D eigenvalue weighted by molar-refractivity contribution is -0.136. The van der Waals surface area contributed by atoms with Crippen molar-refractivity contribution in [2.45, 2.75) is 26.5 Å². The molecule has 0 radical (unpaired) electrons. The minimum absolute atomic E-state index is 0.126. The van der Waals surface area contributed by atoms with Gasteiger partial charge in [0.05, 0.1) is 6.42 Å². The van der Waals surface area contributed by atoms with Crippen molar-refractivity contribution in [2.24, 2.45) is 5.73 Å². The van der Waals surface area contributed by atoms with E-state index in [-0.39, 0.29) is 18.8 Å². The minimum atomic E-state index is -1.01. The van der Waals surface area contributed by atoms with Crippen LogP contribution < -0.4 is 10.5 Å². The number of halogens is 1. The molecule has 1 heterocycles. The van der Waals surface area contributed by atoms with Crippen molar-refractivity contribution >= 4 is 16.9 Å². The summed E-state index contributed by atoms with van der Waals surface area (Å²) in [7, 11) is 0. The topological polar surface area (TPSA) is 85.7 Å². The number of nitrogens with two attached hydrogens (primary N) is 1. The van der Waals surface area contributed by atoms with Crippen molar-refractivity contribution in [2.75, 3.05) is 0 Å². The molecule has 0 saturated heterocycles. The number of carboxylic acid groups (broad SMARTS) is 1. The molecule has 3 N–H and O–H groups in total. The van der Waals surface area contributed by atoms with E-state index >= 15 is 0 Å². The molecule has 0 aliphatic heterocycles. The Balaban J connectivity index is 1.68. The van der Waals surface area contributed by atoms with Gasteiger partial charge in [0.25, 0.3) is 0 Å². The number of hydrogen-bond acceptors (Lipinski definition) is 4. The number of fused-ring (bicyclic) bond motifs is 1. The van der Waals surface area contributed by atoms with Crippen LogP contribution in [0.5, 0.6) is 5.75 Å². The summed E-state index contributed by atoms with van der Waals surface area (Å²) in [6.45, 7) is 2.44. The van der Waals surface area contributed by atoms with Crippen molar-refractivity contribution in [3.63, 3.8) is 0 Å². The molecule has 6 heteroatoms. The predicted octanol–water partition coefficient (Wildman–Crippen LogP) is 5.21. The Hall–Kier alpha value is -3.64. The van der Waals surface area contributed by atoms with Gasteiger partial charge in [0.1, 0.15) is 29.5 Å². The summed E-state index contributed by atoms with van der Waals surface area (Å²) in [6, 6.07) is 17.8. The van der Waals surface area contributed by atoms with Crippen LogP contribution >= 0.6 is 0 Å². The first-order valence-corrected chi connectivity index (χ1v) is 9.89. The van der Waals surface area contributed by atoms with Gasteiger partial charge in [-0.3, -0.25) is 4.79 Å². The van der Waals surface area contributed by atoms with Gasteiger partial charge in [0, 0.05) is 29.1 Å². The van der Waals surface area contributed by atoms with Gasteiger partial charge < -0.3 is 20.0 Å². The number of carbonyl (C=O) groups is 1. The van der Waals surface area contributed by atoms with E-state index < -0.39 is 11.8 Å². The highest BCUT2D eigenvalue weighted by molar-refractivity contribution is 5.87. The normalized spacial score (nSPS) is 11.1. The average molecular weight is 419 g/mol.